The Bertz CT molecular complexity index is 620. The maximum atomic E-state index is 11.7. The molecule has 17 heavy (non-hydrogen) atoms. The molecule has 0 N–H and O–H groups in total. The molecule has 0 saturated carbocycles. The molecule has 2 heterocycles. The molecule has 3 rings (SSSR count). The van der Waals surface area contributed by atoms with Crippen molar-refractivity contribution in [1.29, 1.82) is 0 Å². The lowest BCUT2D eigenvalue weighted by Crippen LogP contribution is -2.05. The molecule has 6 heteroatoms. The van der Waals surface area contributed by atoms with E-state index in [0.29, 0.717) is 23.8 Å². The Hall–Kier alpha value is -1.75. The number of carbonyl (C=O) groups is 1. The topological polar surface area (TPSA) is 60.7 Å². The van der Waals surface area contributed by atoms with Crippen LogP contribution in [0.25, 0.3) is 5.82 Å². The molecule has 1 aliphatic rings. The summed E-state index contributed by atoms with van der Waals surface area (Å²) in [6.45, 7) is 1.87. The van der Waals surface area contributed by atoms with Gasteiger partial charge >= 0.3 is 0 Å². The van der Waals surface area contributed by atoms with Gasteiger partial charge < -0.3 is 0 Å². The maximum absolute atomic E-state index is 11.7. The van der Waals surface area contributed by atoms with Crippen molar-refractivity contribution < 1.29 is 4.79 Å². The first-order valence-corrected chi connectivity index (χ1v) is 5.64. The molecule has 0 atom stereocenters. The van der Waals surface area contributed by atoms with Gasteiger partial charge in [-0.25, -0.2) is 14.6 Å². The molecule has 0 unspecified atom stereocenters. The first kappa shape index (κ1) is 10.4. The summed E-state index contributed by atoms with van der Waals surface area (Å²) in [6.07, 6.45) is 2.65. The first-order chi connectivity index (χ1) is 8.16. The molecule has 0 aromatic carbocycles. The van der Waals surface area contributed by atoms with Crippen LogP contribution < -0.4 is 0 Å². The number of ketones is 1. The summed E-state index contributed by atoms with van der Waals surface area (Å²) in [5.41, 5.74) is 2.40. The van der Waals surface area contributed by atoms with E-state index in [2.05, 4.69) is 15.1 Å². The van der Waals surface area contributed by atoms with E-state index >= 15 is 0 Å². The van der Waals surface area contributed by atoms with Gasteiger partial charge in [0.25, 0.3) is 0 Å². The van der Waals surface area contributed by atoms with Gasteiger partial charge in [0.05, 0.1) is 17.0 Å². The van der Waals surface area contributed by atoms with Gasteiger partial charge in [0, 0.05) is 12.5 Å². The van der Waals surface area contributed by atoms with E-state index in [-0.39, 0.29) is 5.78 Å². The lowest BCUT2D eigenvalue weighted by Gasteiger charge is -2.03. The molecule has 0 amide bonds. The minimum atomic E-state index is 0.156. The van der Waals surface area contributed by atoms with Crippen molar-refractivity contribution in [2.24, 2.45) is 0 Å². The Labute approximate surface area is 102 Å². The second kappa shape index (κ2) is 3.63. The Morgan fingerprint density at radius 2 is 2.18 bits per heavy atom. The zero-order valence-corrected chi connectivity index (χ0v) is 9.90. The van der Waals surface area contributed by atoms with Gasteiger partial charge in [0.1, 0.15) is 11.5 Å². The summed E-state index contributed by atoms with van der Waals surface area (Å²) in [4.78, 5) is 19.6. The number of nitrogens with zero attached hydrogens (tertiary/aromatic N) is 4. The molecule has 0 bridgehead atoms. The number of aromatic nitrogens is 4. The molecule has 5 nitrogen and oxygen atoms in total. The average molecular weight is 249 g/mol. The lowest BCUT2D eigenvalue weighted by atomic mass is 10.2. The van der Waals surface area contributed by atoms with Gasteiger partial charge in [-0.1, -0.05) is 11.6 Å². The number of Topliss-reactive ketones (excluding diaryl/α,β-unsaturated/α-hetero) is 1. The molecule has 0 aliphatic heterocycles. The van der Waals surface area contributed by atoms with Crippen LogP contribution in [0.4, 0.5) is 0 Å². The lowest BCUT2D eigenvalue weighted by molar-refractivity contribution is 0.0993. The normalized spacial score (nSPS) is 14.1. The summed E-state index contributed by atoms with van der Waals surface area (Å²) in [5, 5.41) is 4.76. The molecule has 0 saturated heterocycles. The molecule has 0 radical (unpaired) electrons. The second-order valence-corrected chi connectivity index (χ2v) is 4.33. The number of halogens is 1. The van der Waals surface area contributed by atoms with Crippen LogP contribution in [0.15, 0.2) is 12.4 Å². The standard InChI is InChI=1S/C11H9ClN4O/c1-6-11-7(2-3-8(11)17)15-16(6)10-4-9(12)13-5-14-10/h4-5H,2-3H2,1H3. The van der Waals surface area contributed by atoms with Crippen molar-refractivity contribution in [2.45, 2.75) is 19.8 Å². The summed E-state index contributed by atoms with van der Waals surface area (Å²) in [6, 6.07) is 1.63. The predicted octanol–water partition coefficient (Wildman–Crippen LogP) is 1.75. The molecule has 0 spiro atoms. The number of hydrogen-bond acceptors (Lipinski definition) is 4. The number of rotatable bonds is 1. The van der Waals surface area contributed by atoms with E-state index in [1.165, 1.54) is 6.33 Å². The van der Waals surface area contributed by atoms with Gasteiger partial charge in [-0.2, -0.15) is 5.10 Å². The summed E-state index contributed by atoms with van der Waals surface area (Å²) < 4.78 is 1.65. The predicted molar refractivity (Wildman–Crippen MR) is 61.6 cm³/mol. The van der Waals surface area contributed by atoms with Crippen LogP contribution in [0.2, 0.25) is 5.15 Å². The van der Waals surface area contributed by atoms with Crippen LogP contribution in [0.1, 0.15) is 28.2 Å². The van der Waals surface area contributed by atoms with Crippen LogP contribution in [-0.4, -0.2) is 25.5 Å². The Morgan fingerprint density at radius 1 is 1.35 bits per heavy atom. The minimum absolute atomic E-state index is 0.156. The highest BCUT2D eigenvalue weighted by Gasteiger charge is 2.27. The molecule has 2 aromatic heterocycles. The van der Waals surface area contributed by atoms with Gasteiger partial charge in [0.15, 0.2) is 11.6 Å². The number of fused-ring (bicyclic) bond motifs is 1. The van der Waals surface area contributed by atoms with Crippen LogP contribution in [-0.2, 0) is 6.42 Å². The Kier molecular flexibility index (Phi) is 2.22. The highest BCUT2D eigenvalue weighted by molar-refractivity contribution is 6.29. The SMILES string of the molecule is Cc1c2c(nn1-c1cc(Cl)ncn1)CCC2=O. The quantitative estimate of drug-likeness (QED) is 0.722. The van der Waals surface area contributed by atoms with Crippen molar-refractivity contribution >= 4 is 17.4 Å². The van der Waals surface area contributed by atoms with Gasteiger partial charge in [-0.15, -0.1) is 0 Å². The third-order valence-corrected chi connectivity index (χ3v) is 3.10. The van der Waals surface area contributed by atoms with Gasteiger partial charge in [0.2, 0.25) is 0 Å². The number of carbonyl (C=O) groups excluding carboxylic acids is 1. The molecule has 1 aliphatic carbocycles. The zero-order valence-electron chi connectivity index (χ0n) is 9.14. The van der Waals surface area contributed by atoms with Crippen molar-refractivity contribution in [3.8, 4) is 5.82 Å². The van der Waals surface area contributed by atoms with Crippen LogP contribution in [0.5, 0.6) is 0 Å². The van der Waals surface area contributed by atoms with E-state index < -0.39 is 0 Å². The second-order valence-electron chi connectivity index (χ2n) is 3.94. The molecular formula is C11H9ClN4O. The van der Waals surface area contributed by atoms with E-state index in [1.54, 1.807) is 10.7 Å². The van der Waals surface area contributed by atoms with Gasteiger partial charge in [-0.05, 0) is 13.3 Å². The fourth-order valence-electron chi connectivity index (χ4n) is 2.12. The first-order valence-electron chi connectivity index (χ1n) is 5.26. The molecule has 2 aromatic rings. The number of aryl methyl sites for hydroxylation is 1. The molecule has 0 fully saturated rings. The van der Waals surface area contributed by atoms with Crippen molar-refractivity contribution in [2.75, 3.05) is 0 Å². The van der Waals surface area contributed by atoms with Crippen molar-refractivity contribution in [3.63, 3.8) is 0 Å². The Morgan fingerprint density at radius 3 is 2.88 bits per heavy atom. The van der Waals surface area contributed by atoms with E-state index in [0.717, 1.165) is 17.0 Å². The van der Waals surface area contributed by atoms with Gasteiger partial charge in [-0.3, -0.25) is 4.79 Å². The molecular weight excluding hydrogens is 240 g/mol. The summed E-state index contributed by atoms with van der Waals surface area (Å²) >= 11 is 5.81. The van der Waals surface area contributed by atoms with Crippen molar-refractivity contribution in [3.05, 3.63) is 34.5 Å². The highest BCUT2D eigenvalue weighted by atomic mass is 35.5. The van der Waals surface area contributed by atoms with E-state index in [9.17, 15) is 4.79 Å². The van der Waals surface area contributed by atoms with E-state index in [4.69, 9.17) is 11.6 Å². The van der Waals surface area contributed by atoms with Crippen LogP contribution >= 0.6 is 11.6 Å². The summed E-state index contributed by atoms with van der Waals surface area (Å²) in [7, 11) is 0. The fraction of sp³-hybridized carbons (Fsp3) is 0.273. The monoisotopic (exact) mass is 248 g/mol. The largest absolute Gasteiger partial charge is 0.294 e. The highest BCUT2D eigenvalue weighted by Crippen LogP contribution is 2.26. The average Bonchev–Trinajstić information content (AvgIpc) is 2.81. The minimum Gasteiger partial charge on any atom is -0.294 e. The van der Waals surface area contributed by atoms with Crippen LogP contribution in [0, 0.1) is 6.92 Å². The fourth-order valence-corrected chi connectivity index (χ4v) is 2.26. The molecule has 86 valence electrons. The third kappa shape index (κ3) is 1.54. The van der Waals surface area contributed by atoms with Crippen molar-refractivity contribution in [1.82, 2.24) is 19.7 Å². The van der Waals surface area contributed by atoms with E-state index in [1.807, 2.05) is 6.92 Å². The number of hydrogen-bond donors (Lipinski definition) is 0. The third-order valence-electron chi connectivity index (χ3n) is 2.89. The summed E-state index contributed by atoms with van der Waals surface area (Å²) in [5.74, 6) is 0.744. The smallest absolute Gasteiger partial charge is 0.166 e. The zero-order chi connectivity index (χ0) is 12.0. The Balaban J connectivity index is 2.17. The van der Waals surface area contributed by atoms with Crippen LogP contribution in [0.3, 0.4) is 0 Å². The maximum Gasteiger partial charge on any atom is 0.166 e.